The van der Waals surface area contributed by atoms with Gasteiger partial charge in [0.25, 0.3) is 5.91 Å². The Kier molecular flexibility index (Phi) is 5.73. The fourth-order valence-electron chi connectivity index (χ4n) is 2.45. The van der Waals surface area contributed by atoms with Gasteiger partial charge in [-0.05, 0) is 44.2 Å². The summed E-state index contributed by atoms with van der Waals surface area (Å²) >= 11 is 1.20. The van der Waals surface area contributed by atoms with E-state index in [9.17, 15) is 22.8 Å². The molecular formula is C19H15F3N2O4S. The van der Waals surface area contributed by atoms with Crippen molar-refractivity contribution in [2.45, 2.75) is 20.0 Å². The number of hydrogen-bond donors (Lipinski definition) is 1. The third-order valence-electron chi connectivity index (χ3n) is 3.77. The zero-order valence-electron chi connectivity index (χ0n) is 15.3. The van der Waals surface area contributed by atoms with Crippen LogP contribution < -0.4 is 5.32 Å². The summed E-state index contributed by atoms with van der Waals surface area (Å²) in [6.07, 6.45) is -3.36. The van der Waals surface area contributed by atoms with Gasteiger partial charge in [-0.15, -0.1) is 11.3 Å². The topological polar surface area (TPSA) is 81.4 Å². The number of hydrogen-bond acceptors (Lipinski definition) is 6. The number of nitrogens with one attached hydrogen (secondary N) is 1. The van der Waals surface area contributed by atoms with Crippen molar-refractivity contribution in [2.75, 3.05) is 11.9 Å². The van der Waals surface area contributed by atoms with Crippen molar-refractivity contribution in [1.29, 1.82) is 0 Å². The van der Waals surface area contributed by atoms with Crippen molar-refractivity contribution < 1.29 is 31.9 Å². The van der Waals surface area contributed by atoms with Crippen LogP contribution in [-0.2, 0) is 10.9 Å². The van der Waals surface area contributed by atoms with Crippen LogP contribution in [0.3, 0.4) is 0 Å². The van der Waals surface area contributed by atoms with Crippen molar-refractivity contribution in [2.24, 2.45) is 0 Å². The summed E-state index contributed by atoms with van der Waals surface area (Å²) in [5.41, 5.74) is -0.364. The highest BCUT2D eigenvalue weighted by molar-refractivity contribution is 7.16. The minimum Gasteiger partial charge on any atom is -0.462 e. The van der Waals surface area contributed by atoms with Crippen molar-refractivity contribution in [3.05, 3.63) is 58.3 Å². The number of benzene rings is 1. The summed E-state index contributed by atoms with van der Waals surface area (Å²) in [6.45, 7) is 3.65. The van der Waals surface area contributed by atoms with Gasteiger partial charge in [-0.3, -0.25) is 4.79 Å². The number of aryl methyl sites for hydroxylation is 1. The highest BCUT2D eigenvalue weighted by atomic mass is 32.1. The van der Waals surface area contributed by atoms with E-state index < -0.39 is 23.6 Å². The Labute approximate surface area is 167 Å². The number of carbonyl (C=O) groups excluding carboxylic acids is 2. The van der Waals surface area contributed by atoms with E-state index in [2.05, 4.69) is 10.3 Å². The third kappa shape index (κ3) is 4.65. The predicted octanol–water partition coefficient (Wildman–Crippen LogP) is 5.16. The standard InChI is InChI=1S/C19H15F3N2O4S/c1-3-27-18(26)13-8-10(2)29-17(13)24-15(25)14-9-28-16(23-14)11-4-6-12(7-5-11)19(20,21)22/h4-9H,3H2,1-2H3,(H,24,25). The SMILES string of the molecule is CCOC(=O)c1cc(C)sc1NC(=O)c1coc(-c2ccc(C(F)(F)F)cc2)n1. The van der Waals surface area contributed by atoms with E-state index >= 15 is 0 Å². The van der Waals surface area contributed by atoms with Gasteiger partial charge in [-0.1, -0.05) is 0 Å². The molecule has 10 heteroatoms. The second-order valence-corrected chi connectivity index (χ2v) is 7.14. The molecule has 6 nitrogen and oxygen atoms in total. The van der Waals surface area contributed by atoms with Crippen molar-refractivity contribution in [3.63, 3.8) is 0 Å². The Morgan fingerprint density at radius 1 is 1.24 bits per heavy atom. The molecule has 0 spiro atoms. The number of amides is 1. The van der Waals surface area contributed by atoms with E-state index in [0.717, 1.165) is 23.3 Å². The molecule has 2 heterocycles. The summed E-state index contributed by atoms with van der Waals surface area (Å²) in [6, 6.07) is 5.82. The molecule has 3 aromatic rings. The minimum atomic E-state index is -4.45. The lowest BCUT2D eigenvalue weighted by molar-refractivity contribution is -0.137. The number of rotatable bonds is 5. The number of oxazole rings is 1. The molecule has 0 saturated carbocycles. The molecular weight excluding hydrogens is 409 g/mol. The molecule has 1 aromatic carbocycles. The number of halogens is 3. The lowest BCUT2D eigenvalue weighted by atomic mass is 10.1. The molecule has 0 fully saturated rings. The Morgan fingerprint density at radius 2 is 1.93 bits per heavy atom. The Morgan fingerprint density at radius 3 is 2.55 bits per heavy atom. The van der Waals surface area contributed by atoms with Crippen LogP contribution in [0.4, 0.5) is 18.2 Å². The second kappa shape index (κ2) is 8.08. The lowest BCUT2D eigenvalue weighted by Gasteiger charge is -2.06. The Balaban J connectivity index is 1.78. The van der Waals surface area contributed by atoms with Crippen LogP contribution in [0.1, 0.15) is 38.2 Å². The maximum absolute atomic E-state index is 12.7. The van der Waals surface area contributed by atoms with Gasteiger partial charge >= 0.3 is 12.1 Å². The van der Waals surface area contributed by atoms with Crippen LogP contribution in [0, 0.1) is 6.92 Å². The summed E-state index contributed by atoms with van der Waals surface area (Å²) in [5, 5.41) is 2.90. The molecule has 1 N–H and O–H groups in total. The van der Waals surface area contributed by atoms with Crippen LogP contribution in [0.25, 0.3) is 11.5 Å². The highest BCUT2D eigenvalue weighted by Crippen LogP contribution is 2.31. The number of carbonyl (C=O) groups is 2. The number of thiophene rings is 1. The first-order valence-electron chi connectivity index (χ1n) is 8.41. The zero-order chi connectivity index (χ0) is 21.2. The van der Waals surface area contributed by atoms with E-state index in [1.807, 2.05) is 0 Å². The number of nitrogens with zero attached hydrogens (tertiary/aromatic N) is 1. The van der Waals surface area contributed by atoms with Gasteiger partial charge in [0.05, 0.1) is 17.7 Å². The molecule has 0 bridgehead atoms. The zero-order valence-corrected chi connectivity index (χ0v) is 16.1. The normalized spacial score (nSPS) is 11.3. The molecule has 0 unspecified atom stereocenters. The van der Waals surface area contributed by atoms with Crippen molar-refractivity contribution in [3.8, 4) is 11.5 Å². The molecule has 0 aliphatic heterocycles. The van der Waals surface area contributed by atoms with Gasteiger partial charge in [0, 0.05) is 10.4 Å². The van der Waals surface area contributed by atoms with Crippen LogP contribution in [0.2, 0.25) is 0 Å². The monoisotopic (exact) mass is 424 g/mol. The van der Waals surface area contributed by atoms with Crippen molar-refractivity contribution in [1.82, 2.24) is 4.98 Å². The molecule has 29 heavy (non-hydrogen) atoms. The number of aromatic nitrogens is 1. The number of esters is 1. The first-order valence-corrected chi connectivity index (χ1v) is 9.22. The largest absolute Gasteiger partial charge is 0.462 e. The summed E-state index contributed by atoms with van der Waals surface area (Å²) in [7, 11) is 0. The van der Waals surface area contributed by atoms with Crippen LogP contribution in [0.15, 0.2) is 41.0 Å². The quantitative estimate of drug-likeness (QED) is 0.572. The van der Waals surface area contributed by atoms with Gasteiger partial charge in [0.15, 0.2) is 5.69 Å². The van der Waals surface area contributed by atoms with E-state index in [1.165, 1.54) is 23.5 Å². The Hall–Kier alpha value is -3.14. The minimum absolute atomic E-state index is 0.00292. The van der Waals surface area contributed by atoms with Crippen LogP contribution in [0.5, 0.6) is 0 Å². The number of anilines is 1. The third-order valence-corrected chi connectivity index (χ3v) is 4.74. The van der Waals surface area contributed by atoms with Gasteiger partial charge < -0.3 is 14.5 Å². The van der Waals surface area contributed by atoms with Crippen LogP contribution >= 0.6 is 11.3 Å². The maximum Gasteiger partial charge on any atom is 0.416 e. The van der Waals surface area contributed by atoms with E-state index in [1.54, 1.807) is 19.9 Å². The summed E-state index contributed by atoms with van der Waals surface area (Å²) < 4.78 is 48.1. The first kappa shape index (κ1) is 20.6. The molecule has 3 rings (SSSR count). The fraction of sp³-hybridized carbons (Fsp3) is 0.211. The average Bonchev–Trinajstić information content (AvgIpc) is 3.28. The van der Waals surface area contributed by atoms with Gasteiger partial charge in [-0.25, -0.2) is 9.78 Å². The molecule has 0 aliphatic carbocycles. The first-order chi connectivity index (χ1) is 13.7. The van der Waals surface area contributed by atoms with E-state index in [-0.39, 0.29) is 29.3 Å². The molecule has 0 aliphatic rings. The van der Waals surface area contributed by atoms with E-state index in [0.29, 0.717) is 5.00 Å². The maximum atomic E-state index is 12.7. The highest BCUT2D eigenvalue weighted by Gasteiger charge is 2.30. The molecule has 0 atom stereocenters. The average molecular weight is 424 g/mol. The van der Waals surface area contributed by atoms with Gasteiger partial charge in [0.2, 0.25) is 5.89 Å². The Bertz CT molecular complexity index is 1040. The van der Waals surface area contributed by atoms with Gasteiger partial charge in [0.1, 0.15) is 11.3 Å². The van der Waals surface area contributed by atoms with E-state index in [4.69, 9.17) is 9.15 Å². The fourth-order valence-corrected chi connectivity index (χ4v) is 3.34. The molecule has 0 radical (unpaired) electrons. The van der Waals surface area contributed by atoms with Crippen LogP contribution in [-0.4, -0.2) is 23.5 Å². The summed E-state index contributed by atoms with van der Waals surface area (Å²) in [4.78, 5) is 29.3. The molecule has 1 amide bonds. The lowest BCUT2D eigenvalue weighted by Crippen LogP contribution is -2.14. The molecule has 2 aromatic heterocycles. The molecule has 0 saturated heterocycles. The number of ether oxygens (including phenoxy) is 1. The summed E-state index contributed by atoms with van der Waals surface area (Å²) in [5.74, 6) is -1.19. The predicted molar refractivity (Wildman–Crippen MR) is 99.9 cm³/mol. The number of alkyl halides is 3. The van der Waals surface area contributed by atoms with Crippen molar-refractivity contribution >= 4 is 28.2 Å². The smallest absolute Gasteiger partial charge is 0.416 e. The van der Waals surface area contributed by atoms with Gasteiger partial charge in [-0.2, -0.15) is 13.2 Å². The second-order valence-electron chi connectivity index (χ2n) is 5.89. The molecule has 152 valence electrons.